The lowest BCUT2D eigenvalue weighted by Gasteiger charge is -2.13. The summed E-state index contributed by atoms with van der Waals surface area (Å²) in [7, 11) is -2.29. The minimum absolute atomic E-state index is 0.0206. The van der Waals surface area contributed by atoms with E-state index in [-0.39, 0.29) is 31.8 Å². The number of carbonyl (C=O) groups is 1. The van der Waals surface area contributed by atoms with Gasteiger partial charge in [0.05, 0.1) is 33.0 Å². The van der Waals surface area contributed by atoms with Crippen molar-refractivity contribution in [1.82, 2.24) is 0 Å². The molecule has 0 saturated heterocycles. The van der Waals surface area contributed by atoms with E-state index in [0.29, 0.717) is 5.69 Å². The lowest BCUT2D eigenvalue weighted by molar-refractivity contribution is -0.115. The van der Waals surface area contributed by atoms with Crippen LogP contribution in [0.2, 0.25) is 10.0 Å². The Balaban J connectivity index is 1.64. The van der Waals surface area contributed by atoms with Crippen LogP contribution in [-0.4, -0.2) is 26.7 Å². The van der Waals surface area contributed by atoms with Crippen molar-refractivity contribution in [2.24, 2.45) is 0 Å². The highest BCUT2D eigenvalue weighted by atomic mass is 35.5. The molecule has 0 aliphatic rings. The van der Waals surface area contributed by atoms with Gasteiger partial charge in [-0.05, 0) is 67.6 Å². The molecule has 0 radical (unpaired) electrons. The van der Waals surface area contributed by atoms with Crippen LogP contribution in [0.3, 0.4) is 0 Å². The summed E-state index contributed by atoms with van der Waals surface area (Å²) in [4.78, 5) is 13.5. The number of methoxy groups -OCH3 is 1. The maximum atomic E-state index is 12.6. The fourth-order valence-electron chi connectivity index (χ4n) is 2.66. The second-order valence-electron chi connectivity index (χ2n) is 6.66. The molecule has 3 rings (SSSR count). The lowest BCUT2D eigenvalue weighted by atomic mass is 10.3. The quantitative estimate of drug-likeness (QED) is 0.367. The molecule has 32 heavy (non-hydrogen) atoms. The highest BCUT2D eigenvalue weighted by molar-refractivity contribution is 8.00. The van der Waals surface area contributed by atoms with Crippen molar-refractivity contribution < 1.29 is 17.9 Å². The Morgan fingerprint density at radius 3 is 2.28 bits per heavy atom. The molecule has 3 aromatic carbocycles. The molecule has 0 fully saturated rings. The number of rotatable bonds is 8. The van der Waals surface area contributed by atoms with E-state index in [1.165, 1.54) is 42.1 Å². The smallest absolute Gasteiger partial charge is 0.261 e. The third-order valence-electron chi connectivity index (χ3n) is 4.37. The third kappa shape index (κ3) is 6.10. The Bertz CT molecular complexity index is 1200. The number of halogens is 2. The van der Waals surface area contributed by atoms with E-state index in [0.717, 1.165) is 10.6 Å². The van der Waals surface area contributed by atoms with Crippen molar-refractivity contribution in [3.05, 3.63) is 76.8 Å². The van der Waals surface area contributed by atoms with Crippen LogP contribution in [0, 0.1) is 0 Å². The molecule has 0 saturated carbocycles. The zero-order valence-corrected chi connectivity index (χ0v) is 20.3. The van der Waals surface area contributed by atoms with Gasteiger partial charge in [-0.15, -0.1) is 11.8 Å². The molecular weight excluding hydrogens is 491 g/mol. The van der Waals surface area contributed by atoms with E-state index in [1.54, 1.807) is 26.2 Å². The van der Waals surface area contributed by atoms with E-state index >= 15 is 0 Å². The number of ether oxygens (including phenoxy) is 1. The summed E-state index contributed by atoms with van der Waals surface area (Å²) in [6, 6.07) is 17.9. The standard InChI is InChI=1S/C22H20Cl2N2O4S2/c1-14(31-17-10-8-16(30-2)9-11-17)22(27)25-15-6-12-18(13-7-15)32(28,29)26-20-5-3-4-19(23)21(20)24/h3-14,26H,1-2H3,(H,25,27)/t14-/m1/s1. The van der Waals surface area contributed by atoms with Gasteiger partial charge in [-0.1, -0.05) is 29.3 Å². The van der Waals surface area contributed by atoms with Crippen LogP contribution in [0.4, 0.5) is 11.4 Å². The van der Waals surface area contributed by atoms with Crippen LogP contribution in [-0.2, 0) is 14.8 Å². The Hall–Kier alpha value is -2.39. The summed E-state index contributed by atoms with van der Waals surface area (Å²) in [6.45, 7) is 1.79. The van der Waals surface area contributed by atoms with Crippen LogP contribution in [0.25, 0.3) is 0 Å². The van der Waals surface area contributed by atoms with E-state index < -0.39 is 10.0 Å². The topological polar surface area (TPSA) is 84.5 Å². The van der Waals surface area contributed by atoms with Crippen LogP contribution < -0.4 is 14.8 Å². The minimum Gasteiger partial charge on any atom is -0.497 e. The highest BCUT2D eigenvalue weighted by Crippen LogP contribution is 2.31. The van der Waals surface area contributed by atoms with Crippen LogP contribution in [0.5, 0.6) is 5.75 Å². The van der Waals surface area contributed by atoms with Gasteiger partial charge in [0.15, 0.2) is 0 Å². The van der Waals surface area contributed by atoms with Crippen LogP contribution in [0.15, 0.2) is 76.5 Å². The average Bonchev–Trinajstić information content (AvgIpc) is 2.77. The number of benzene rings is 3. The first-order valence-electron chi connectivity index (χ1n) is 9.38. The van der Waals surface area contributed by atoms with E-state index in [4.69, 9.17) is 27.9 Å². The van der Waals surface area contributed by atoms with E-state index in [9.17, 15) is 13.2 Å². The van der Waals surface area contributed by atoms with Crippen molar-refractivity contribution in [3.63, 3.8) is 0 Å². The maximum absolute atomic E-state index is 12.6. The summed E-state index contributed by atoms with van der Waals surface area (Å²) in [5.41, 5.74) is 0.665. The Morgan fingerprint density at radius 1 is 1.00 bits per heavy atom. The van der Waals surface area contributed by atoms with Crippen molar-refractivity contribution in [3.8, 4) is 5.75 Å². The van der Waals surface area contributed by atoms with Gasteiger partial charge in [0.25, 0.3) is 10.0 Å². The third-order valence-corrected chi connectivity index (χ3v) is 7.68. The van der Waals surface area contributed by atoms with Gasteiger partial charge in [0.2, 0.25) is 5.91 Å². The Labute approximate surface area is 201 Å². The predicted octanol–water partition coefficient (Wildman–Crippen LogP) is 5.92. The van der Waals surface area contributed by atoms with Crippen molar-refractivity contribution in [1.29, 1.82) is 0 Å². The molecule has 0 unspecified atom stereocenters. The molecule has 0 bridgehead atoms. The fourth-order valence-corrected chi connectivity index (χ4v) is 5.00. The lowest BCUT2D eigenvalue weighted by Crippen LogP contribution is -2.22. The number of hydrogen-bond acceptors (Lipinski definition) is 5. The first-order valence-corrected chi connectivity index (χ1v) is 12.5. The average molecular weight is 511 g/mol. The van der Waals surface area contributed by atoms with E-state index in [1.807, 2.05) is 24.3 Å². The number of anilines is 2. The molecule has 6 nitrogen and oxygen atoms in total. The van der Waals surface area contributed by atoms with Gasteiger partial charge in [-0.2, -0.15) is 0 Å². The number of amides is 1. The Kier molecular flexibility index (Phi) is 7.95. The number of carbonyl (C=O) groups excluding carboxylic acids is 1. The van der Waals surface area contributed by atoms with E-state index in [2.05, 4.69) is 10.0 Å². The molecule has 0 aliphatic heterocycles. The van der Waals surface area contributed by atoms with Gasteiger partial charge in [-0.25, -0.2) is 8.42 Å². The van der Waals surface area contributed by atoms with Crippen molar-refractivity contribution in [2.75, 3.05) is 17.1 Å². The maximum Gasteiger partial charge on any atom is 0.261 e. The van der Waals surface area contributed by atoms with Gasteiger partial charge in [0, 0.05) is 10.6 Å². The molecule has 2 N–H and O–H groups in total. The summed E-state index contributed by atoms with van der Waals surface area (Å²) in [5, 5.41) is 2.79. The molecule has 0 heterocycles. The van der Waals surface area contributed by atoms with Crippen molar-refractivity contribution >= 4 is 62.3 Å². The number of thioether (sulfide) groups is 1. The summed E-state index contributed by atoms with van der Waals surface area (Å²) in [6.07, 6.45) is 0. The minimum atomic E-state index is -3.88. The molecule has 0 aromatic heterocycles. The zero-order chi connectivity index (χ0) is 23.3. The fraction of sp³-hybridized carbons (Fsp3) is 0.136. The Morgan fingerprint density at radius 2 is 1.66 bits per heavy atom. The van der Waals surface area contributed by atoms with Gasteiger partial charge in [-0.3, -0.25) is 9.52 Å². The first-order chi connectivity index (χ1) is 15.2. The zero-order valence-electron chi connectivity index (χ0n) is 17.1. The summed E-state index contributed by atoms with van der Waals surface area (Å²) in [5.74, 6) is 0.541. The molecular formula is C22H20Cl2N2O4S2. The normalized spacial score (nSPS) is 12.1. The SMILES string of the molecule is COc1ccc(S[C@H](C)C(=O)Nc2ccc(S(=O)(=O)Nc3cccc(Cl)c3Cl)cc2)cc1. The summed E-state index contributed by atoms with van der Waals surface area (Å²) >= 11 is 13.4. The van der Waals surface area contributed by atoms with Crippen LogP contribution >= 0.6 is 35.0 Å². The first kappa shape index (κ1) is 24.3. The molecule has 0 spiro atoms. The van der Waals surface area contributed by atoms with Gasteiger partial charge < -0.3 is 10.1 Å². The highest BCUT2D eigenvalue weighted by Gasteiger charge is 2.18. The predicted molar refractivity (Wildman–Crippen MR) is 131 cm³/mol. The largest absolute Gasteiger partial charge is 0.497 e. The monoisotopic (exact) mass is 510 g/mol. The van der Waals surface area contributed by atoms with Crippen molar-refractivity contribution in [2.45, 2.75) is 22.0 Å². The number of hydrogen-bond donors (Lipinski definition) is 2. The summed E-state index contributed by atoms with van der Waals surface area (Å²) < 4.78 is 32.8. The van der Waals surface area contributed by atoms with Crippen LogP contribution in [0.1, 0.15) is 6.92 Å². The number of sulfonamides is 1. The van der Waals surface area contributed by atoms with Gasteiger partial charge in [0.1, 0.15) is 5.75 Å². The molecule has 1 amide bonds. The molecule has 0 aliphatic carbocycles. The second kappa shape index (κ2) is 10.5. The number of nitrogens with one attached hydrogen (secondary N) is 2. The van der Waals surface area contributed by atoms with Gasteiger partial charge >= 0.3 is 0 Å². The molecule has 168 valence electrons. The second-order valence-corrected chi connectivity index (χ2v) is 10.5. The molecule has 10 heteroatoms. The molecule has 1 atom stereocenters. The molecule has 3 aromatic rings.